The van der Waals surface area contributed by atoms with Crippen LogP contribution in [0.5, 0.6) is 0 Å². The molecule has 1 aromatic heterocycles. The van der Waals surface area contributed by atoms with E-state index in [0.717, 1.165) is 0 Å². The largest absolute Gasteiger partial charge is 0.372 e. The van der Waals surface area contributed by atoms with Crippen molar-refractivity contribution < 1.29 is 28.5 Å². The zero-order valence-electron chi connectivity index (χ0n) is 9.00. The van der Waals surface area contributed by atoms with Gasteiger partial charge in [0.2, 0.25) is 5.59 Å². The maximum Gasteiger partial charge on any atom is 0.364 e. The van der Waals surface area contributed by atoms with Crippen molar-refractivity contribution in [3.63, 3.8) is 0 Å². The highest BCUT2D eigenvalue weighted by molar-refractivity contribution is 7.78. The molecule has 96 valence electrons. The number of rotatable bonds is 5. The summed E-state index contributed by atoms with van der Waals surface area (Å²) in [6, 6.07) is 4.32. The fraction of sp³-hybridized carbons (Fsp3) is 0.375. The fourth-order valence-corrected chi connectivity index (χ4v) is 4.73. The molecule has 0 spiro atoms. The molecule has 0 radical (unpaired) electrons. The van der Waals surface area contributed by atoms with Gasteiger partial charge < -0.3 is 19.4 Å². The van der Waals surface area contributed by atoms with Gasteiger partial charge in [-0.05, 0) is 19.1 Å². The third-order valence-electron chi connectivity index (χ3n) is 1.89. The van der Waals surface area contributed by atoms with Gasteiger partial charge in [-0.15, -0.1) is 0 Å². The van der Waals surface area contributed by atoms with Crippen LogP contribution >= 0.6 is 15.0 Å². The highest BCUT2D eigenvalue weighted by Crippen LogP contribution is 2.62. The number of hydrogen-bond acceptors (Lipinski definition) is 5. The molecule has 0 aromatic carbocycles. The number of aliphatic hydroxyl groups is 1. The Morgan fingerprint density at radius 1 is 1.41 bits per heavy atom. The normalized spacial score (nSPS) is 17.4. The average Bonchev–Trinajstić information content (AvgIpc) is 2.28. The van der Waals surface area contributed by atoms with E-state index in [0.29, 0.717) is 0 Å². The number of aromatic nitrogens is 1. The number of aliphatic hydroxyl groups excluding tert-OH is 1. The summed E-state index contributed by atoms with van der Waals surface area (Å²) in [6.45, 7) is 1.44. The molecule has 2 unspecified atom stereocenters. The summed E-state index contributed by atoms with van der Waals surface area (Å²) < 4.78 is 28.2. The molecule has 17 heavy (non-hydrogen) atoms. The lowest BCUT2D eigenvalue weighted by molar-refractivity contribution is 0.229. The van der Waals surface area contributed by atoms with E-state index in [1.165, 1.54) is 25.3 Å². The first-order valence-electron chi connectivity index (χ1n) is 4.71. The second-order valence-corrected chi connectivity index (χ2v) is 7.61. The fourth-order valence-electron chi connectivity index (χ4n) is 1.18. The van der Waals surface area contributed by atoms with E-state index >= 15 is 0 Å². The van der Waals surface area contributed by atoms with Gasteiger partial charge in [0.25, 0.3) is 7.37 Å². The topological polar surface area (TPSA) is 117 Å². The molecule has 0 aliphatic rings. The Balaban J connectivity index is 3.25. The van der Waals surface area contributed by atoms with Gasteiger partial charge in [-0.25, -0.2) is 0 Å². The number of hydrogen-bond donors (Lipinski definition) is 3. The minimum absolute atomic E-state index is 0.0646. The smallest absolute Gasteiger partial charge is 0.364 e. The minimum Gasteiger partial charge on any atom is -0.372 e. The molecule has 1 rings (SSSR count). The van der Waals surface area contributed by atoms with E-state index in [1.54, 1.807) is 6.07 Å². The molecule has 9 heteroatoms. The van der Waals surface area contributed by atoms with Gasteiger partial charge in [-0.3, -0.25) is 14.1 Å². The van der Waals surface area contributed by atoms with Gasteiger partial charge in [-0.2, -0.15) is 0 Å². The first-order chi connectivity index (χ1) is 7.82. The molecule has 0 fully saturated rings. The minimum atomic E-state index is -4.95. The van der Waals surface area contributed by atoms with E-state index in [4.69, 9.17) is 14.3 Å². The Kier molecular flexibility index (Phi) is 4.61. The standard InChI is InChI=1S/C8H13NO6P2/c1-2-15-16(11,8(10)17(12,13)14)7-5-3-4-6-9-7/h3-6,8,10H,2H2,1H3,(H2,12,13,14). The summed E-state index contributed by atoms with van der Waals surface area (Å²) in [5.41, 5.74) is -2.57. The molecule has 1 heterocycles. The van der Waals surface area contributed by atoms with Crippen molar-refractivity contribution in [3.8, 4) is 0 Å². The van der Waals surface area contributed by atoms with Crippen molar-refractivity contribution in [2.45, 2.75) is 12.5 Å². The first-order valence-corrected chi connectivity index (χ1v) is 8.09. The summed E-state index contributed by atoms with van der Waals surface area (Å²) in [7, 11) is -9.05. The molecule has 0 saturated carbocycles. The van der Waals surface area contributed by atoms with Gasteiger partial charge in [0.15, 0.2) is 0 Å². The second-order valence-electron chi connectivity index (χ2n) is 3.14. The zero-order chi connectivity index (χ0) is 13.1. The lowest BCUT2D eigenvalue weighted by atomic mass is 10.5. The van der Waals surface area contributed by atoms with Crippen LogP contribution in [0, 0.1) is 0 Å². The van der Waals surface area contributed by atoms with E-state index in [-0.39, 0.29) is 12.0 Å². The second kappa shape index (κ2) is 5.40. The molecule has 7 nitrogen and oxygen atoms in total. The molecular weight excluding hydrogens is 268 g/mol. The number of pyridine rings is 1. The van der Waals surface area contributed by atoms with Crippen molar-refractivity contribution >= 4 is 20.4 Å². The Bertz CT molecular complexity index is 458. The zero-order valence-corrected chi connectivity index (χ0v) is 10.8. The monoisotopic (exact) mass is 281 g/mol. The Hall–Kier alpha value is -0.550. The predicted molar refractivity (Wildman–Crippen MR) is 61.2 cm³/mol. The summed E-state index contributed by atoms with van der Waals surface area (Å²) in [5.74, 6) is 0. The molecule has 0 aliphatic carbocycles. The van der Waals surface area contributed by atoms with Crippen LogP contribution in [0.15, 0.2) is 24.4 Å². The Labute approximate surface area is 98.1 Å². The van der Waals surface area contributed by atoms with Gasteiger partial charge in [0.05, 0.1) is 6.61 Å². The van der Waals surface area contributed by atoms with Crippen LogP contribution in [0.2, 0.25) is 0 Å². The lowest BCUT2D eigenvalue weighted by Gasteiger charge is -2.22. The van der Waals surface area contributed by atoms with Gasteiger partial charge in [0, 0.05) is 6.20 Å². The van der Waals surface area contributed by atoms with E-state index < -0.39 is 20.6 Å². The lowest BCUT2D eigenvalue weighted by Crippen LogP contribution is -2.21. The van der Waals surface area contributed by atoms with Crippen LogP contribution < -0.4 is 5.44 Å². The third-order valence-corrected chi connectivity index (χ3v) is 6.46. The summed E-state index contributed by atoms with van der Waals surface area (Å²) >= 11 is 0. The highest BCUT2D eigenvalue weighted by Gasteiger charge is 2.47. The van der Waals surface area contributed by atoms with Crippen LogP contribution in [0.25, 0.3) is 0 Å². The van der Waals surface area contributed by atoms with Crippen molar-refractivity contribution in [1.29, 1.82) is 0 Å². The SMILES string of the molecule is CCOP(=O)(c1ccccn1)C(O)P(=O)(O)O. The molecule has 0 saturated heterocycles. The summed E-state index contributed by atoms with van der Waals surface area (Å²) in [4.78, 5) is 21.5. The maximum absolute atomic E-state index is 12.3. The van der Waals surface area contributed by atoms with E-state index in [2.05, 4.69) is 4.98 Å². The maximum atomic E-state index is 12.3. The van der Waals surface area contributed by atoms with E-state index in [1.807, 2.05) is 0 Å². The summed E-state index contributed by atoms with van der Waals surface area (Å²) in [6.07, 6.45) is 1.30. The van der Waals surface area contributed by atoms with E-state index in [9.17, 15) is 14.2 Å². The van der Waals surface area contributed by atoms with Gasteiger partial charge >= 0.3 is 7.60 Å². The van der Waals surface area contributed by atoms with Gasteiger partial charge in [-0.1, -0.05) is 6.07 Å². The Morgan fingerprint density at radius 3 is 2.47 bits per heavy atom. The van der Waals surface area contributed by atoms with Crippen molar-refractivity contribution in [2.75, 3.05) is 6.61 Å². The predicted octanol–water partition coefficient (Wildman–Crippen LogP) is 0.475. The molecule has 3 N–H and O–H groups in total. The molecule has 0 amide bonds. The van der Waals surface area contributed by atoms with Crippen LogP contribution in [0.4, 0.5) is 0 Å². The van der Waals surface area contributed by atoms with Crippen LogP contribution in [-0.4, -0.2) is 32.1 Å². The molecule has 0 bridgehead atoms. The first kappa shape index (κ1) is 14.5. The van der Waals surface area contributed by atoms with Crippen LogP contribution in [-0.2, 0) is 13.7 Å². The third kappa shape index (κ3) is 3.22. The van der Waals surface area contributed by atoms with Crippen LogP contribution in [0.1, 0.15) is 6.92 Å². The molecule has 2 atom stereocenters. The quantitative estimate of drug-likeness (QED) is 0.672. The average molecular weight is 281 g/mol. The van der Waals surface area contributed by atoms with Crippen LogP contribution in [0.3, 0.4) is 0 Å². The van der Waals surface area contributed by atoms with Crippen molar-refractivity contribution in [3.05, 3.63) is 24.4 Å². The molecule has 0 aliphatic heterocycles. The van der Waals surface area contributed by atoms with Gasteiger partial charge in [0.1, 0.15) is 5.44 Å². The van der Waals surface area contributed by atoms with Crippen molar-refractivity contribution in [2.24, 2.45) is 0 Å². The Morgan fingerprint density at radius 2 is 2.06 bits per heavy atom. The molecular formula is C8H13NO6P2. The highest BCUT2D eigenvalue weighted by atomic mass is 31.2. The van der Waals surface area contributed by atoms with Crippen molar-refractivity contribution in [1.82, 2.24) is 4.98 Å². The summed E-state index contributed by atoms with van der Waals surface area (Å²) in [5, 5.41) is 9.50. The molecule has 1 aromatic rings. The number of nitrogens with zero attached hydrogens (tertiary/aromatic N) is 1.